The molecule has 0 aliphatic heterocycles. The molecule has 0 amide bonds. The van der Waals surface area contributed by atoms with E-state index in [0.29, 0.717) is 21.5 Å². The summed E-state index contributed by atoms with van der Waals surface area (Å²) in [4.78, 5) is 11.1. The Balaban J connectivity index is 3.21. The lowest BCUT2D eigenvalue weighted by atomic mass is 10.2. The molecule has 16 heavy (non-hydrogen) atoms. The second kappa shape index (κ2) is 5.55. The molecule has 0 radical (unpaired) electrons. The molecule has 0 bridgehead atoms. The summed E-state index contributed by atoms with van der Waals surface area (Å²) in [5.74, 6) is 1.06. The highest BCUT2D eigenvalue weighted by atomic mass is 79.9. The second-order valence-corrected chi connectivity index (χ2v) is 4.62. The van der Waals surface area contributed by atoms with Gasteiger partial charge in [-0.2, -0.15) is 0 Å². The van der Waals surface area contributed by atoms with Crippen molar-refractivity contribution in [2.45, 2.75) is 20.0 Å². The van der Waals surface area contributed by atoms with E-state index in [1.54, 1.807) is 12.1 Å². The quantitative estimate of drug-likeness (QED) is 0.797. The van der Waals surface area contributed by atoms with Gasteiger partial charge in [-0.3, -0.25) is 4.79 Å². The minimum atomic E-state index is -0.540. The fraction of sp³-hybridized carbons (Fsp3) is 0.364. The van der Waals surface area contributed by atoms with E-state index in [0.717, 1.165) is 0 Å². The largest absolute Gasteiger partial charge is 0.493 e. The van der Waals surface area contributed by atoms with Crippen LogP contribution >= 0.6 is 27.5 Å². The number of carbonyl (C=O) groups excluding carboxylic acids is 1. The van der Waals surface area contributed by atoms with Crippen LogP contribution in [0.2, 0.25) is 0 Å². The first kappa shape index (κ1) is 13.3. The zero-order valence-electron chi connectivity index (χ0n) is 9.21. The lowest BCUT2D eigenvalue weighted by Gasteiger charge is -2.14. The van der Waals surface area contributed by atoms with E-state index in [-0.39, 0.29) is 6.10 Å². The zero-order chi connectivity index (χ0) is 12.3. The fourth-order valence-electron chi connectivity index (χ4n) is 1.19. The normalized spacial score (nSPS) is 10.4. The standard InChI is InChI=1S/C11H12BrClO3/c1-6(2)16-10-5-8(12)7(11(13)14)4-9(10)15-3/h4-6H,1-3H3. The van der Waals surface area contributed by atoms with E-state index >= 15 is 0 Å². The first-order valence-electron chi connectivity index (χ1n) is 4.69. The van der Waals surface area contributed by atoms with Crippen LogP contribution in [0.5, 0.6) is 11.5 Å². The van der Waals surface area contributed by atoms with Crippen molar-refractivity contribution in [1.29, 1.82) is 0 Å². The van der Waals surface area contributed by atoms with Crippen LogP contribution in [-0.4, -0.2) is 18.5 Å². The molecule has 88 valence electrons. The Labute approximate surface area is 108 Å². The summed E-state index contributed by atoms with van der Waals surface area (Å²) in [6.07, 6.45) is 0.0263. The van der Waals surface area contributed by atoms with Gasteiger partial charge in [-0.15, -0.1) is 0 Å². The SMILES string of the molecule is COc1cc(C(=O)Cl)c(Br)cc1OC(C)C. The Hall–Kier alpha value is -0.740. The highest BCUT2D eigenvalue weighted by Gasteiger charge is 2.14. The topological polar surface area (TPSA) is 35.5 Å². The number of carbonyl (C=O) groups is 1. The van der Waals surface area contributed by atoms with Gasteiger partial charge >= 0.3 is 0 Å². The summed E-state index contributed by atoms with van der Waals surface area (Å²) < 4.78 is 11.3. The summed E-state index contributed by atoms with van der Waals surface area (Å²) in [5.41, 5.74) is 0.356. The van der Waals surface area contributed by atoms with Crippen molar-refractivity contribution in [3.8, 4) is 11.5 Å². The maximum atomic E-state index is 11.1. The maximum Gasteiger partial charge on any atom is 0.253 e. The number of rotatable bonds is 4. The van der Waals surface area contributed by atoms with Crippen LogP contribution in [0.15, 0.2) is 16.6 Å². The van der Waals surface area contributed by atoms with Crippen molar-refractivity contribution < 1.29 is 14.3 Å². The summed E-state index contributed by atoms with van der Waals surface area (Å²) in [7, 11) is 1.51. The van der Waals surface area contributed by atoms with Gasteiger partial charge in [0.15, 0.2) is 11.5 Å². The van der Waals surface area contributed by atoms with Crippen molar-refractivity contribution in [2.75, 3.05) is 7.11 Å². The van der Waals surface area contributed by atoms with E-state index in [1.165, 1.54) is 7.11 Å². The third-order valence-electron chi connectivity index (χ3n) is 1.83. The predicted molar refractivity (Wildman–Crippen MR) is 66.6 cm³/mol. The molecule has 0 spiro atoms. The van der Waals surface area contributed by atoms with Gasteiger partial charge in [-0.1, -0.05) is 0 Å². The first-order chi connectivity index (χ1) is 7.45. The summed E-state index contributed by atoms with van der Waals surface area (Å²) >= 11 is 8.69. The molecule has 3 nitrogen and oxygen atoms in total. The van der Waals surface area contributed by atoms with E-state index in [1.807, 2.05) is 13.8 Å². The summed E-state index contributed by atoms with van der Waals surface area (Å²) in [6, 6.07) is 3.23. The predicted octanol–water partition coefficient (Wildman–Crippen LogP) is 3.62. The molecule has 5 heteroatoms. The van der Waals surface area contributed by atoms with Gasteiger partial charge in [0.25, 0.3) is 5.24 Å². The highest BCUT2D eigenvalue weighted by molar-refractivity contribution is 9.10. The van der Waals surface area contributed by atoms with Crippen molar-refractivity contribution >= 4 is 32.8 Å². The zero-order valence-corrected chi connectivity index (χ0v) is 11.6. The molecule has 0 atom stereocenters. The second-order valence-electron chi connectivity index (χ2n) is 3.42. The van der Waals surface area contributed by atoms with Crippen LogP contribution in [0, 0.1) is 0 Å². The number of hydrogen-bond donors (Lipinski definition) is 0. The summed E-state index contributed by atoms with van der Waals surface area (Å²) in [5, 5.41) is -0.540. The molecular formula is C11H12BrClO3. The molecule has 0 aromatic heterocycles. The molecule has 0 N–H and O–H groups in total. The van der Waals surface area contributed by atoms with E-state index < -0.39 is 5.24 Å². The molecule has 0 fully saturated rings. The van der Waals surface area contributed by atoms with E-state index in [4.69, 9.17) is 21.1 Å². The van der Waals surface area contributed by atoms with Gasteiger partial charge in [0.1, 0.15) is 0 Å². The van der Waals surface area contributed by atoms with Crippen LogP contribution < -0.4 is 9.47 Å². The van der Waals surface area contributed by atoms with Crippen LogP contribution in [0.4, 0.5) is 0 Å². The van der Waals surface area contributed by atoms with Crippen LogP contribution in [0.1, 0.15) is 24.2 Å². The van der Waals surface area contributed by atoms with Crippen molar-refractivity contribution in [2.24, 2.45) is 0 Å². The number of methoxy groups -OCH3 is 1. The van der Waals surface area contributed by atoms with Crippen molar-refractivity contribution in [3.63, 3.8) is 0 Å². The Bertz CT molecular complexity index is 404. The monoisotopic (exact) mass is 306 g/mol. The molecule has 1 aromatic rings. The molecule has 0 heterocycles. The summed E-state index contributed by atoms with van der Waals surface area (Å²) in [6.45, 7) is 3.82. The van der Waals surface area contributed by atoms with Crippen LogP contribution in [-0.2, 0) is 0 Å². The van der Waals surface area contributed by atoms with Crippen molar-refractivity contribution in [3.05, 3.63) is 22.2 Å². The smallest absolute Gasteiger partial charge is 0.253 e. The Morgan fingerprint density at radius 3 is 2.44 bits per heavy atom. The fourth-order valence-corrected chi connectivity index (χ4v) is 1.96. The Morgan fingerprint density at radius 2 is 2.00 bits per heavy atom. The molecule has 1 rings (SSSR count). The average molecular weight is 308 g/mol. The van der Waals surface area contributed by atoms with E-state index in [2.05, 4.69) is 15.9 Å². The third-order valence-corrected chi connectivity index (χ3v) is 2.69. The molecular weight excluding hydrogens is 295 g/mol. The first-order valence-corrected chi connectivity index (χ1v) is 5.86. The lowest BCUT2D eigenvalue weighted by molar-refractivity contribution is 0.108. The third kappa shape index (κ3) is 3.12. The van der Waals surface area contributed by atoms with Gasteiger partial charge in [-0.05, 0) is 53.5 Å². The molecule has 0 aliphatic carbocycles. The Morgan fingerprint density at radius 1 is 1.38 bits per heavy atom. The number of ether oxygens (including phenoxy) is 2. The Kier molecular flexibility index (Phi) is 4.62. The molecule has 0 saturated heterocycles. The molecule has 0 unspecified atom stereocenters. The lowest BCUT2D eigenvalue weighted by Crippen LogP contribution is -2.07. The number of halogens is 2. The van der Waals surface area contributed by atoms with Crippen molar-refractivity contribution in [1.82, 2.24) is 0 Å². The van der Waals surface area contributed by atoms with Crippen LogP contribution in [0.25, 0.3) is 0 Å². The minimum absolute atomic E-state index is 0.0263. The van der Waals surface area contributed by atoms with Gasteiger partial charge in [0.05, 0.1) is 18.8 Å². The van der Waals surface area contributed by atoms with Gasteiger partial charge in [-0.25, -0.2) is 0 Å². The highest BCUT2D eigenvalue weighted by Crippen LogP contribution is 2.34. The molecule has 0 saturated carbocycles. The van der Waals surface area contributed by atoms with Crippen LogP contribution in [0.3, 0.4) is 0 Å². The van der Waals surface area contributed by atoms with Gasteiger partial charge in [0.2, 0.25) is 0 Å². The average Bonchev–Trinajstić information content (AvgIpc) is 2.16. The minimum Gasteiger partial charge on any atom is -0.493 e. The van der Waals surface area contributed by atoms with Gasteiger partial charge in [0, 0.05) is 4.47 Å². The van der Waals surface area contributed by atoms with E-state index in [9.17, 15) is 4.79 Å². The van der Waals surface area contributed by atoms with Gasteiger partial charge < -0.3 is 9.47 Å². The molecule has 1 aromatic carbocycles. The number of benzene rings is 1. The number of hydrogen-bond acceptors (Lipinski definition) is 3. The maximum absolute atomic E-state index is 11.1. The molecule has 0 aliphatic rings.